The van der Waals surface area contributed by atoms with Crippen LogP contribution in [0.15, 0.2) is 70.6 Å². The SMILES string of the molecule is CSc1cccc2c1ccn2[S+]([O-])c1ccccc1. The number of nitrogens with zero attached hydrogens (tertiary/aromatic N) is 1. The first kappa shape index (κ1) is 12.7. The minimum atomic E-state index is -1.19. The van der Waals surface area contributed by atoms with Crippen molar-refractivity contribution < 1.29 is 4.55 Å². The molecule has 1 atom stereocenters. The van der Waals surface area contributed by atoms with Crippen molar-refractivity contribution in [2.75, 3.05) is 6.26 Å². The third-order valence-corrected chi connectivity index (χ3v) is 5.15. The highest BCUT2D eigenvalue weighted by Crippen LogP contribution is 2.29. The number of fused-ring (bicyclic) bond motifs is 1. The monoisotopic (exact) mass is 287 g/mol. The summed E-state index contributed by atoms with van der Waals surface area (Å²) < 4.78 is 14.4. The molecule has 0 aliphatic carbocycles. The fourth-order valence-corrected chi connectivity index (χ4v) is 3.82. The summed E-state index contributed by atoms with van der Waals surface area (Å²) in [5.74, 6) is 0. The molecule has 0 N–H and O–H groups in total. The van der Waals surface area contributed by atoms with Gasteiger partial charge < -0.3 is 4.55 Å². The normalized spacial score (nSPS) is 12.7. The Balaban J connectivity index is 2.11. The molecule has 1 aromatic heterocycles. The lowest BCUT2D eigenvalue weighted by atomic mass is 10.2. The Morgan fingerprint density at radius 3 is 2.53 bits per heavy atom. The molecule has 0 saturated heterocycles. The lowest BCUT2D eigenvalue weighted by Gasteiger charge is -2.11. The standard InChI is InChI=1S/C15H13NOS2/c1-18-15-9-5-8-14-13(15)10-11-16(14)19(17)12-6-3-2-4-7-12/h2-11H,1H3. The Kier molecular flexibility index (Phi) is 3.55. The molecule has 0 radical (unpaired) electrons. The Morgan fingerprint density at radius 2 is 1.79 bits per heavy atom. The van der Waals surface area contributed by atoms with Crippen LogP contribution < -0.4 is 0 Å². The van der Waals surface area contributed by atoms with Crippen LogP contribution >= 0.6 is 11.8 Å². The van der Waals surface area contributed by atoms with Crippen molar-refractivity contribution in [2.24, 2.45) is 0 Å². The van der Waals surface area contributed by atoms with Gasteiger partial charge in [-0.3, -0.25) is 0 Å². The zero-order chi connectivity index (χ0) is 13.2. The molecule has 2 aromatic carbocycles. The number of aromatic nitrogens is 1. The second-order valence-corrected chi connectivity index (χ2v) is 6.31. The number of thioether (sulfide) groups is 1. The van der Waals surface area contributed by atoms with E-state index >= 15 is 0 Å². The zero-order valence-electron chi connectivity index (χ0n) is 10.4. The third kappa shape index (κ3) is 2.27. The van der Waals surface area contributed by atoms with Crippen molar-refractivity contribution in [2.45, 2.75) is 9.79 Å². The molecule has 0 fully saturated rings. The van der Waals surface area contributed by atoms with Crippen LogP contribution in [0.4, 0.5) is 0 Å². The van der Waals surface area contributed by atoms with E-state index in [1.165, 1.54) is 4.90 Å². The van der Waals surface area contributed by atoms with Crippen molar-refractivity contribution in [1.82, 2.24) is 3.97 Å². The molecule has 0 bridgehead atoms. The molecule has 0 aliphatic heterocycles. The van der Waals surface area contributed by atoms with Crippen molar-refractivity contribution in [3.63, 3.8) is 0 Å². The first-order valence-electron chi connectivity index (χ1n) is 5.92. The average Bonchev–Trinajstić information content (AvgIpc) is 2.91. The summed E-state index contributed by atoms with van der Waals surface area (Å²) in [6, 6.07) is 17.7. The molecule has 0 aliphatic rings. The lowest BCUT2D eigenvalue weighted by molar-refractivity contribution is 0.588. The maximum absolute atomic E-state index is 12.6. The van der Waals surface area contributed by atoms with Gasteiger partial charge in [0.2, 0.25) is 0 Å². The summed E-state index contributed by atoms with van der Waals surface area (Å²) in [5, 5.41) is 1.15. The molecular weight excluding hydrogens is 274 g/mol. The van der Waals surface area contributed by atoms with Crippen LogP contribution in [0.5, 0.6) is 0 Å². The van der Waals surface area contributed by atoms with E-state index in [1.54, 1.807) is 11.8 Å². The largest absolute Gasteiger partial charge is 0.587 e. The van der Waals surface area contributed by atoms with E-state index in [4.69, 9.17) is 0 Å². The smallest absolute Gasteiger partial charge is 0.180 e. The Morgan fingerprint density at radius 1 is 1.00 bits per heavy atom. The maximum atomic E-state index is 12.6. The van der Waals surface area contributed by atoms with Crippen LogP contribution in [-0.4, -0.2) is 14.8 Å². The van der Waals surface area contributed by atoms with Gasteiger partial charge in [-0.15, -0.1) is 11.8 Å². The van der Waals surface area contributed by atoms with Crippen molar-refractivity contribution in [3.05, 3.63) is 60.8 Å². The number of hydrogen-bond donors (Lipinski definition) is 0. The Labute approximate surface area is 119 Å². The maximum Gasteiger partial charge on any atom is 0.180 e. The first-order valence-corrected chi connectivity index (χ1v) is 8.26. The molecule has 3 aromatic rings. The van der Waals surface area contributed by atoms with Crippen molar-refractivity contribution >= 4 is 34.0 Å². The topological polar surface area (TPSA) is 28.0 Å². The number of rotatable bonds is 3. The first-order chi connectivity index (χ1) is 9.31. The summed E-state index contributed by atoms with van der Waals surface area (Å²) in [6.45, 7) is 0. The van der Waals surface area contributed by atoms with E-state index < -0.39 is 11.4 Å². The summed E-state index contributed by atoms with van der Waals surface area (Å²) >= 11 is 0.514. The average molecular weight is 287 g/mol. The van der Waals surface area contributed by atoms with E-state index in [9.17, 15) is 4.55 Å². The summed E-state index contributed by atoms with van der Waals surface area (Å²) in [4.78, 5) is 2.02. The zero-order valence-corrected chi connectivity index (χ0v) is 12.1. The molecule has 0 amide bonds. The number of benzene rings is 2. The van der Waals surface area contributed by atoms with Gasteiger partial charge in [-0.05, 0) is 36.6 Å². The van der Waals surface area contributed by atoms with Gasteiger partial charge in [0.1, 0.15) is 11.4 Å². The minimum absolute atomic E-state index is 0.814. The highest BCUT2D eigenvalue weighted by Gasteiger charge is 2.17. The Hall–Kier alpha value is -1.36. The molecular formula is C15H13NOS2. The van der Waals surface area contributed by atoms with Gasteiger partial charge in [-0.1, -0.05) is 24.3 Å². The van der Waals surface area contributed by atoms with Gasteiger partial charge in [-0.25, -0.2) is 0 Å². The van der Waals surface area contributed by atoms with Crippen LogP contribution in [0.3, 0.4) is 0 Å². The summed E-state index contributed by atoms with van der Waals surface area (Å²) in [5.41, 5.74) is 1.01. The van der Waals surface area contributed by atoms with Gasteiger partial charge in [0.15, 0.2) is 4.90 Å². The minimum Gasteiger partial charge on any atom is -0.587 e. The molecule has 4 heteroatoms. The molecule has 3 rings (SSSR count). The van der Waals surface area contributed by atoms with Crippen LogP contribution in [0, 0.1) is 0 Å². The highest BCUT2D eigenvalue weighted by atomic mass is 32.2. The molecule has 1 unspecified atom stereocenters. The van der Waals surface area contributed by atoms with Crippen LogP contribution in [0.1, 0.15) is 0 Å². The lowest BCUT2D eigenvalue weighted by Crippen LogP contribution is -2.11. The van der Waals surface area contributed by atoms with E-state index in [-0.39, 0.29) is 0 Å². The molecule has 0 spiro atoms. The van der Waals surface area contributed by atoms with Gasteiger partial charge in [0.05, 0.1) is 11.7 Å². The molecule has 1 heterocycles. The molecule has 0 saturated carbocycles. The van der Waals surface area contributed by atoms with Gasteiger partial charge in [-0.2, -0.15) is 3.97 Å². The quantitative estimate of drug-likeness (QED) is 0.539. The highest BCUT2D eigenvalue weighted by molar-refractivity contribution is 7.98. The predicted molar refractivity (Wildman–Crippen MR) is 82.0 cm³/mol. The van der Waals surface area contributed by atoms with Gasteiger partial charge in [0.25, 0.3) is 0 Å². The van der Waals surface area contributed by atoms with Crippen LogP contribution in [0.2, 0.25) is 0 Å². The second-order valence-electron chi connectivity index (χ2n) is 4.10. The van der Waals surface area contributed by atoms with Gasteiger partial charge in [0, 0.05) is 10.3 Å². The van der Waals surface area contributed by atoms with Crippen LogP contribution in [-0.2, 0) is 11.4 Å². The van der Waals surface area contributed by atoms with E-state index in [2.05, 4.69) is 12.3 Å². The van der Waals surface area contributed by atoms with E-state index in [0.29, 0.717) is 0 Å². The third-order valence-electron chi connectivity index (χ3n) is 3.00. The predicted octanol–water partition coefficient (Wildman–Crippen LogP) is 3.93. The van der Waals surface area contributed by atoms with E-state index in [1.807, 2.05) is 58.7 Å². The summed E-state index contributed by atoms with van der Waals surface area (Å²) in [6.07, 6.45) is 3.95. The van der Waals surface area contributed by atoms with E-state index in [0.717, 1.165) is 15.8 Å². The van der Waals surface area contributed by atoms with Crippen LogP contribution in [0.25, 0.3) is 10.9 Å². The molecule has 2 nitrogen and oxygen atoms in total. The second kappa shape index (κ2) is 5.33. The molecule has 19 heavy (non-hydrogen) atoms. The number of hydrogen-bond acceptors (Lipinski definition) is 2. The summed E-state index contributed by atoms with van der Waals surface area (Å²) in [7, 11) is 0. The van der Waals surface area contributed by atoms with Crippen molar-refractivity contribution in [3.8, 4) is 0 Å². The fraction of sp³-hybridized carbons (Fsp3) is 0.0667. The van der Waals surface area contributed by atoms with Crippen molar-refractivity contribution in [1.29, 1.82) is 0 Å². The molecule has 96 valence electrons. The Bertz CT molecular complexity index is 694. The fourth-order valence-electron chi connectivity index (χ4n) is 2.09. The van der Waals surface area contributed by atoms with Gasteiger partial charge >= 0.3 is 0 Å².